The summed E-state index contributed by atoms with van der Waals surface area (Å²) in [5.41, 5.74) is 5.20. The molecule has 17 heavy (non-hydrogen) atoms. The van der Waals surface area contributed by atoms with Crippen molar-refractivity contribution in [1.29, 1.82) is 0 Å². The summed E-state index contributed by atoms with van der Waals surface area (Å²) in [6, 6.07) is 0. The monoisotopic (exact) mass is 242 g/mol. The zero-order valence-corrected chi connectivity index (χ0v) is 10.8. The van der Waals surface area contributed by atoms with Crippen molar-refractivity contribution in [1.82, 2.24) is 14.7 Å². The van der Waals surface area contributed by atoms with Crippen molar-refractivity contribution in [3.8, 4) is 0 Å². The molecule has 0 aromatic heterocycles. The Hall–Kier alpha value is -1.14. The van der Waals surface area contributed by atoms with E-state index in [1.165, 1.54) is 0 Å². The van der Waals surface area contributed by atoms with Gasteiger partial charge in [0.15, 0.2) is 0 Å². The fourth-order valence-corrected chi connectivity index (χ4v) is 2.13. The van der Waals surface area contributed by atoms with E-state index in [2.05, 4.69) is 4.90 Å². The van der Waals surface area contributed by atoms with Crippen molar-refractivity contribution in [2.45, 2.75) is 0 Å². The second-order valence-corrected chi connectivity index (χ2v) is 4.89. The number of nitrogens with two attached hydrogens (primary N) is 1. The average molecular weight is 242 g/mol. The predicted octanol–water partition coefficient (Wildman–Crippen LogP) is -1.58. The lowest BCUT2D eigenvalue weighted by Gasteiger charge is -2.24. The van der Waals surface area contributed by atoms with Crippen LogP contribution in [0.1, 0.15) is 0 Å². The highest BCUT2D eigenvalue weighted by molar-refractivity contribution is 5.79. The summed E-state index contributed by atoms with van der Waals surface area (Å²) in [5, 5.41) is 0. The molecule has 1 fully saturated rings. The van der Waals surface area contributed by atoms with Gasteiger partial charge >= 0.3 is 0 Å². The summed E-state index contributed by atoms with van der Waals surface area (Å²) in [7, 11) is 5.50. The molecule has 0 unspecified atom stereocenters. The molecule has 6 heteroatoms. The van der Waals surface area contributed by atoms with Gasteiger partial charge in [-0.25, -0.2) is 0 Å². The third-order valence-corrected chi connectivity index (χ3v) is 2.98. The van der Waals surface area contributed by atoms with E-state index < -0.39 is 0 Å². The van der Waals surface area contributed by atoms with E-state index in [9.17, 15) is 9.59 Å². The van der Waals surface area contributed by atoms with Gasteiger partial charge in [-0.15, -0.1) is 0 Å². The van der Waals surface area contributed by atoms with Crippen LogP contribution < -0.4 is 5.73 Å². The molecule has 1 aliphatic heterocycles. The third-order valence-electron chi connectivity index (χ3n) is 2.98. The van der Waals surface area contributed by atoms with Crippen molar-refractivity contribution in [2.24, 2.45) is 11.7 Å². The molecule has 1 atom stereocenters. The molecule has 0 aromatic rings. The molecule has 1 aliphatic rings. The largest absolute Gasteiger partial charge is 0.369 e. The lowest BCUT2D eigenvalue weighted by Crippen LogP contribution is -2.42. The molecule has 0 bridgehead atoms. The molecule has 98 valence electrons. The Kier molecular flexibility index (Phi) is 4.89. The average Bonchev–Trinajstić information content (AvgIpc) is 2.39. The van der Waals surface area contributed by atoms with E-state index in [1.807, 2.05) is 11.9 Å². The van der Waals surface area contributed by atoms with E-state index in [1.54, 1.807) is 19.0 Å². The first kappa shape index (κ1) is 13.9. The maximum Gasteiger partial charge on any atom is 0.231 e. The van der Waals surface area contributed by atoms with Gasteiger partial charge in [0, 0.05) is 40.3 Å². The zero-order chi connectivity index (χ0) is 13.0. The van der Waals surface area contributed by atoms with Crippen LogP contribution in [0.25, 0.3) is 0 Å². The number of carbonyl (C=O) groups is 2. The molecule has 0 saturated carbocycles. The molecule has 1 saturated heterocycles. The summed E-state index contributed by atoms with van der Waals surface area (Å²) in [6.45, 7) is 3.18. The second-order valence-electron chi connectivity index (χ2n) is 4.89. The van der Waals surface area contributed by atoms with Crippen molar-refractivity contribution >= 4 is 11.8 Å². The Bertz CT molecular complexity index is 293. The van der Waals surface area contributed by atoms with Crippen LogP contribution >= 0.6 is 0 Å². The van der Waals surface area contributed by atoms with Crippen LogP contribution in [-0.2, 0) is 9.59 Å². The van der Waals surface area contributed by atoms with E-state index in [-0.39, 0.29) is 24.3 Å². The Labute approximate surface area is 102 Å². The van der Waals surface area contributed by atoms with Crippen LogP contribution in [-0.4, -0.2) is 80.4 Å². The van der Waals surface area contributed by atoms with Crippen LogP contribution in [0.3, 0.4) is 0 Å². The lowest BCUT2D eigenvalue weighted by molar-refractivity contribution is -0.134. The SMILES string of the molecule is CN1CCN(CC(N)=O)C[C@H](C(=O)N(C)C)C1. The molecular weight excluding hydrogens is 220 g/mol. The van der Waals surface area contributed by atoms with Crippen molar-refractivity contribution in [3.63, 3.8) is 0 Å². The standard InChI is InChI=1S/C11H22N4O2/c1-13(2)11(17)9-6-14(3)4-5-15(7-9)8-10(12)16/h9H,4-8H2,1-3H3,(H2,12,16)/t9-/m1/s1. The maximum atomic E-state index is 12.0. The fraction of sp³-hybridized carbons (Fsp3) is 0.818. The number of nitrogens with zero attached hydrogens (tertiary/aromatic N) is 3. The minimum absolute atomic E-state index is 0.0863. The second kappa shape index (κ2) is 5.97. The van der Waals surface area contributed by atoms with Gasteiger partial charge in [-0.05, 0) is 7.05 Å². The third kappa shape index (κ3) is 4.32. The molecule has 0 spiro atoms. The first-order chi connectivity index (χ1) is 7.90. The van der Waals surface area contributed by atoms with Crippen LogP contribution in [0.4, 0.5) is 0 Å². The van der Waals surface area contributed by atoms with Gasteiger partial charge in [-0.2, -0.15) is 0 Å². The molecule has 2 N–H and O–H groups in total. The van der Waals surface area contributed by atoms with Gasteiger partial charge in [0.1, 0.15) is 0 Å². The summed E-state index contributed by atoms with van der Waals surface area (Å²) in [4.78, 5) is 28.6. The van der Waals surface area contributed by atoms with Gasteiger partial charge in [-0.3, -0.25) is 14.5 Å². The molecule has 1 heterocycles. The molecule has 0 radical (unpaired) electrons. The van der Waals surface area contributed by atoms with Gasteiger partial charge < -0.3 is 15.5 Å². The molecule has 2 amide bonds. The lowest BCUT2D eigenvalue weighted by atomic mass is 10.1. The molecular formula is C11H22N4O2. The van der Waals surface area contributed by atoms with Gasteiger partial charge in [0.2, 0.25) is 11.8 Å². The summed E-state index contributed by atoms with van der Waals surface area (Å²) >= 11 is 0. The minimum Gasteiger partial charge on any atom is -0.369 e. The number of amides is 2. The molecule has 0 aliphatic carbocycles. The first-order valence-corrected chi connectivity index (χ1v) is 5.80. The maximum absolute atomic E-state index is 12.0. The van der Waals surface area contributed by atoms with Crippen LogP contribution in [0, 0.1) is 5.92 Å². The summed E-state index contributed by atoms with van der Waals surface area (Å²) in [6.07, 6.45) is 0. The van der Waals surface area contributed by atoms with Gasteiger partial charge in [0.25, 0.3) is 0 Å². The van der Waals surface area contributed by atoms with Crippen LogP contribution in [0.15, 0.2) is 0 Å². The topological polar surface area (TPSA) is 69.9 Å². The number of primary amides is 1. The molecule has 6 nitrogen and oxygen atoms in total. The van der Waals surface area contributed by atoms with E-state index in [0.717, 1.165) is 19.6 Å². The summed E-state index contributed by atoms with van der Waals surface area (Å²) in [5.74, 6) is -0.323. The number of carbonyl (C=O) groups excluding carboxylic acids is 2. The zero-order valence-electron chi connectivity index (χ0n) is 10.8. The van der Waals surface area contributed by atoms with Crippen molar-refractivity contribution in [3.05, 3.63) is 0 Å². The Morgan fingerprint density at radius 3 is 2.47 bits per heavy atom. The quantitative estimate of drug-likeness (QED) is 0.649. The van der Waals surface area contributed by atoms with E-state index >= 15 is 0 Å². The normalized spacial score (nSPS) is 23.1. The summed E-state index contributed by atoms with van der Waals surface area (Å²) < 4.78 is 0. The Balaban J connectivity index is 2.68. The number of hydrogen-bond donors (Lipinski definition) is 1. The van der Waals surface area contributed by atoms with Gasteiger partial charge in [-0.1, -0.05) is 0 Å². The number of rotatable bonds is 3. The van der Waals surface area contributed by atoms with E-state index in [4.69, 9.17) is 5.73 Å². The Morgan fingerprint density at radius 2 is 1.94 bits per heavy atom. The number of hydrogen-bond acceptors (Lipinski definition) is 4. The van der Waals surface area contributed by atoms with Crippen molar-refractivity contribution in [2.75, 3.05) is 53.9 Å². The number of likely N-dealkylation sites (N-methyl/N-ethyl adjacent to an activating group) is 1. The highest BCUT2D eigenvalue weighted by Gasteiger charge is 2.27. The van der Waals surface area contributed by atoms with Crippen LogP contribution in [0.2, 0.25) is 0 Å². The highest BCUT2D eigenvalue weighted by Crippen LogP contribution is 2.10. The predicted molar refractivity (Wildman–Crippen MR) is 65.3 cm³/mol. The minimum atomic E-state index is -0.342. The molecule has 1 rings (SSSR count). The first-order valence-electron chi connectivity index (χ1n) is 5.80. The van der Waals surface area contributed by atoms with E-state index in [0.29, 0.717) is 6.54 Å². The smallest absolute Gasteiger partial charge is 0.231 e. The Morgan fingerprint density at radius 1 is 1.29 bits per heavy atom. The van der Waals surface area contributed by atoms with Gasteiger partial charge in [0.05, 0.1) is 12.5 Å². The molecule has 0 aromatic carbocycles. The fourth-order valence-electron chi connectivity index (χ4n) is 2.13. The van der Waals surface area contributed by atoms with Crippen LogP contribution in [0.5, 0.6) is 0 Å². The highest BCUT2D eigenvalue weighted by atomic mass is 16.2. The van der Waals surface area contributed by atoms with Crippen molar-refractivity contribution < 1.29 is 9.59 Å².